The van der Waals surface area contributed by atoms with Crippen molar-refractivity contribution >= 4 is 10.0 Å². The Morgan fingerprint density at radius 1 is 1.47 bits per heavy atom. The zero-order valence-electron chi connectivity index (χ0n) is 9.39. The fraction of sp³-hybridized carbons (Fsp3) is 0.333. The maximum Gasteiger partial charge on any atom is 0.243 e. The van der Waals surface area contributed by atoms with Gasteiger partial charge in [0.05, 0.1) is 11.9 Å². The lowest BCUT2D eigenvalue weighted by molar-refractivity contribution is 0.392. The van der Waals surface area contributed by atoms with E-state index in [-0.39, 0.29) is 11.4 Å². The molecule has 0 saturated carbocycles. The summed E-state index contributed by atoms with van der Waals surface area (Å²) in [6.07, 6.45) is 2.56. The Morgan fingerprint density at radius 2 is 2.24 bits per heavy atom. The third kappa shape index (κ3) is 2.37. The van der Waals surface area contributed by atoms with E-state index in [9.17, 15) is 8.42 Å². The molecule has 0 spiro atoms. The Balaban J connectivity index is 2.14. The van der Waals surface area contributed by atoms with Crippen molar-refractivity contribution in [1.29, 1.82) is 0 Å². The first kappa shape index (κ1) is 11.8. The highest BCUT2D eigenvalue weighted by Gasteiger charge is 2.17. The summed E-state index contributed by atoms with van der Waals surface area (Å²) >= 11 is 0. The second-order valence-corrected chi connectivity index (χ2v) is 5.33. The molecule has 0 aliphatic rings. The molecule has 0 bridgehead atoms. The van der Waals surface area contributed by atoms with Crippen LogP contribution in [0.1, 0.15) is 17.0 Å². The molecule has 0 amide bonds. The van der Waals surface area contributed by atoms with Gasteiger partial charge in [0.15, 0.2) is 0 Å². The van der Waals surface area contributed by atoms with Crippen LogP contribution in [0, 0.1) is 13.8 Å². The quantitative estimate of drug-likeness (QED) is 0.829. The molecule has 8 heteroatoms. The molecule has 0 saturated heterocycles. The second-order valence-electron chi connectivity index (χ2n) is 3.56. The summed E-state index contributed by atoms with van der Waals surface area (Å²) in [4.78, 5) is 0.101. The fourth-order valence-electron chi connectivity index (χ4n) is 1.39. The largest absolute Gasteiger partial charge is 0.361 e. The standard InChI is InChI=1S/C9H12N4O3S/c1-6-9(7(2)16-13-6)5-12-17(14,15)8-3-10-11-4-8/h3-4,12H,5H2,1-2H3,(H,10,11). The van der Waals surface area contributed by atoms with Crippen LogP contribution in [0.25, 0.3) is 0 Å². The van der Waals surface area contributed by atoms with E-state index in [1.807, 2.05) is 0 Å². The summed E-state index contributed by atoms with van der Waals surface area (Å²) in [5.41, 5.74) is 1.43. The van der Waals surface area contributed by atoms with E-state index < -0.39 is 10.0 Å². The van der Waals surface area contributed by atoms with Gasteiger partial charge in [-0.05, 0) is 13.8 Å². The highest BCUT2D eigenvalue weighted by molar-refractivity contribution is 7.89. The lowest BCUT2D eigenvalue weighted by Gasteiger charge is -2.03. The van der Waals surface area contributed by atoms with Crippen molar-refractivity contribution in [3.63, 3.8) is 0 Å². The molecule has 0 aliphatic carbocycles. The molecule has 17 heavy (non-hydrogen) atoms. The lowest BCUT2D eigenvalue weighted by atomic mass is 10.2. The Labute approximate surface area is 98.3 Å². The van der Waals surface area contributed by atoms with E-state index in [4.69, 9.17) is 4.52 Å². The molecule has 7 nitrogen and oxygen atoms in total. The first-order chi connectivity index (χ1) is 8.00. The fourth-order valence-corrected chi connectivity index (χ4v) is 2.29. The number of aryl methyl sites for hydroxylation is 2. The maximum absolute atomic E-state index is 11.8. The van der Waals surface area contributed by atoms with Crippen molar-refractivity contribution in [1.82, 2.24) is 20.1 Å². The van der Waals surface area contributed by atoms with Crippen LogP contribution in [-0.4, -0.2) is 23.8 Å². The van der Waals surface area contributed by atoms with E-state index >= 15 is 0 Å². The van der Waals surface area contributed by atoms with Crippen molar-refractivity contribution in [3.05, 3.63) is 29.4 Å². The number of hydrogen-bond acceptors (Lipinski definition) is 5. The van der Waals surface area contributed by atoms with Gasteiger partial charge >= 0.3 is 0 Å². The Kier molecular flexibility index (Phi) is 2.99. The van der Waals surface area contributed by atoms with Gasteiger partial charge in [-0.3, -0.25) is 5.10 Å². The van der Waals surface area contributed by atoms with Gasteiger partial charge in [-0.1, -0.05) is 5.16 Å². The molecule has 2 aromatic heterocycles. The monoisotopic (exact) mass is 256 g/mol. The summed E-state index contributed by atoms with van der Waals surface area (Å²) < 4.78 is 31.0. The summed E-state index contributed by atoms with van der Waals surface area (Å²) in [5, 5.41) is 9.80. The third-order valence-electron chi connectivity index (χ3n) is 2.40. The predicted octanol–water partition coefficient (Wildman–Crippen LogP) is 0.493. The number of rotatable bonds is 4. The molecule has 0 aliphatic heterocycles. The number of nitrogens with zero attached hydrogens (tertiary/aromatic N) is 2. The van der Waals surface area contributed by atoms with Crippen molar-refractivity contribution in [2.24, 2.45) is 0 Å². The summed E-state index contributed by atoms with van der Waals surface area (Å²) in [5.74, 6) is 0.609. The van der Waals surface area contributed by atoms with Crippen LogP contribution in [0.3, 0.4) is 0 Å². The Bertz CT molecular complexity index is 581. The predicted molar refractivity (Wildman–Crippen MR) is 58.6 cm³/mol. The van der Waals surface area contributed by atoms with Gasteiger partial charge in [0.25, 0.3) is 0 Å². The van der Waals surface area contributed by atoms with Crippen molar-refractivity contribution in [2.75, 3.05) is 0 Å². The molecule has 0 atom stereocenters. The highest BCUT2D eigenvalue weighted by atomic mass is 32.2. The minimum absolute atomic E-state index is 0.101. The van der Waals surface area contributed by atoms with E-state index in [1.165, 1.54) is 12.4 Å². The second kappa shape index (κ2) is 4.30. The lowest BCUT2D eigenvalue weighted by Crippen LogP contribution is -2.23. The van der Waals surface area contributed by atoms with Gasteiger partial charge in [0.1, 0.15) is 10.7 Å². The average Bonchev–Trinajstić information content (AvgIpc) is 2.88. The van der Waals surface area contributed by atoms with Crippen LogP contribution in [-0.2, 0) is 16.6 Å². The van der Waals surface area contributed by atoms with Gasteiger partial charge in [0, 0.05) is 18.3 Å². The molecule has 0 radical (unpaired) electrons. The first-order valence-corrected chi connectivity index (χ1v) is 6.39. The minimum atomic E-state index is -3.54. The van der Waals surface area contributed by atoms with Gasteiger partial charge in [-0.25, -0.2) is 13.1 Å². The molecule has 2 heterocycles. The smallest absolute Gasteiger partial charge is 0.243 e. The summed E-state index contributed by atoms with van der Waals surface area (Å²) in [7, 11) is -3.54. The van der Waals surface area contributed by atoms with Crippen LogP contribution in [0.2, 0.25) is 0 Å². The van der Waals surface area contributed by atoms with Gasteiger partial charge < -0.3 is 4.52 Å². The van der Waals surface area contributed by atoms with E-state index in [2.05, 4.69) is 20.1 Å². The van der Waals surface area contributed by atoms with E-state index in [1.54, 1.807) is 13.8 Å². The summed E-state index contributed by atoms with van der Waals surface area (Å²) in [6, 6.07) is 0. The van der Waals surface area contributed by atoms with Crippen LogP contribution in [0.5, 0.6) is 0 Å². The molecule has 2 rings (SSSR count). The molecular formula is C9H12N4O3S. The highest BCUT2D eigenvalue weighted by Crippen LogP contribution is 2.13. The van der Waals surface area contributed by atoms with Crippen molar-refractivity contribution in [3.8, 4) is 0 Å². The molecule has 0 unspecified atom stereocenters. The zero-order chi connectivity index (χ0) is 12.5. The van der Waals surface area contributed by atoms with E-state index in [0.717, 1.165) is 5.56 Å². The maximum atomic E-state index is 11.8. The van der Waals surface area contributed by atoms with Crippen LogP contribution >= 0.6 is 0 Å². The van der Waals surface area contributed by atoms with E-state index in [0.29, 0.717) is 11.5 Å². The van der Waals surface area contributed by atoms with Crippen LogP contribution in [0.15, 0.2) is 21.8 Å². The average molecular weight is 256 g/mol. The zero-order valence-corrected chi connectivity index (χ0v) is 10.2. The molecule has 0 aromatic carbocycles. The number of sulfonamides is 1. The third-order valence-corrected chi connectivity index (χ3v) is 3.77. The Morgan fingerprint density at radius 3 is 2.76 bits per heavy atom. The molecule has 2 aromatic rings. The normalized spacial score (nSPS) is 11.9. The number of nitrogens with one attached hydrogen (secondary N) is 2. The molecule has 2 N–H and O–H groups in total. The van der Waals surface area contributed by atoms with Gasteiger partial charge in [-0.15, -0.1) is 0 Å². The van der Waals surface area contributed by atoms with Crippen LogP contribution in [0.4, 0.5) is 0 Å². The SMILES string of the molecule is Cc1noc(C)c1CNS(=O)(=O)c1cn[nH]c1. The topological polar surface area (TPSA) is 101 Å². The first-order valence-electron chi connectivity index (χ1n) is 4.91. The number of hydrogen-bond donors (Lipinski definition) is 2. The number of aromatic amines is 1. The summed E-state index contributed by atoms with van der Waals surface area (Å²) in [6.45, 7) is 3.65. The van der Waals surface area contributed by atoms with Gasteiger partial charge in [-0.2, -0.15) is 5.10 Å². The van der Waals surface area contributed by atoms with Gasteiger partial charge in [0.2, 0.25) is 10.0 Å². The van der Waals surface area contributed by atoms with Crippen molar-refractivity contribution < 1.29 is 12.9 Å². The van der Waals surface area contributed by atoms with Crippen LogP contribution < -0.4 is 4.72 Å². The number of aromatic nitrogens is 3. The molecular weight excluding hydrogens is 244 g/mol. The molecule has 0 fully saturated rings. The Hall–Kier alpha value is -1.67. The number of H-pyrrole nitrogens is 1. The minimum Gasteiger partial charge on any atom is -0.361 e. The van der Waals surface area contributed by atoms with Crippen molar-refractivity contribution in [2.45, 2.75) is 25.3 Å². The molecule has 92 valence electrons.